The van der Waals surface area contributed by atoms with Crippen LogP contribution in [0.3, 0.4) is 0 Å². The van der Waals surface area contributed by atoms with Crippen LogP contribution in [-0.2, 0) is 20.0 Å². The van der Waals surface area contributed by atoms with Gasteiger partial charge < -0.3 is 4.55 Å². The molecule has 0 fully saturated rings. The van der Waals surface area contributed by atoms with Crippen LogP contribution in [0.5, 0.6) is 0 Å². The Morgan fingerprint density at radius 1 is 0.913 bits per heavy atom. The first-order chi connectivity index (χ1) is 9.62. The Morgan fingerprint density at radius 3 is 1.96 bits per heavy atom. The maximum absolute atomic E-state index is 13.3. The second-order valence-electron chi connectivity index (χ2n) is 3.92. The van der Waals surface area contributed by atoms with Crippen LogP contribution in [0, 0.1) is 17.7 Å². The quantitative estimate of drug-likeness (QED) is 0.233. The smallest absolute Gasteiger partial charge is 0.744 e. The van der Waals surface area contributed by atoms with Crippen LogP contribution in [0.4, 0.5) is 8.78 Å². The summed E-state index contributed by atoms with van der Waals surface area (Å²) in [5.74, 6) is -2.13. The van der Waals surface area contributed by atoms with Gasteiger partial charge in [0.25, 0.3) is 0 Å². The molecule has 0 N–H and O–H groups in total. The molecule has 0 radical (unpaired) electrons. The van der Waals surface area contributed by atoms with Gasteiger partial charge in [0.1, 0.15) is 15.9 Å². The fraction of sp³-hybridized carbons (Fsp3) is 0. The zero-order chi connectivity index (χ0) is 15.8. The average Bonchev–Trinajstić information content (AvgIpc) is 2.38. The van der Waals surface area contributed by atoms with Crippen LogP contribution >= 0.6 is 0 Å². The molecule has 5 nitrogen and oxygen atoms in total. The number of halogens is 2. The molecule has 0 amide bonds. The molecule has 11 heteroatoms. The molecule has 2 aromatic carbocycles. The van der Waals surface area contributed by atoms with E-state index >= 15 is 0 Å². The molecule has 0 bridgehead atoms. The molecule has 2 rings (SSSR count). The molecule has 0 aliphatic rings. The van der Waals surface area contributed by atoms with Crippen molar-refractivity contribution in [2.45, 2.75) is 14.7 Å². The molecular weight excluding hydrogens is 372 g/mol. The van der Waals surface area contributed by atoms with E-state index in [1.165, 1.54) is 0 Å². The normalized spacial score (nSPS) is 11.3. The van der Waals surface area contributed by atoms with E-state index in [9.17, 15) is 30.2 Å². The van der Waals surface area contributed by atoms with E-state index in [0.29, 0.717) is 12.1 Å². The van der Waals surface area contributed by atoms with E-state index in [0.717, 1.165) is 24.3 Å². The van der Waals surface area contributed by atoms with Crippen molar-refractivity contribution in [1.29, 1.82) is 0 Å². The van der Waals surface area contributed by atoms with Crippen LogP contribution < -0.4 is 59.1 Å². The summed E-state index contributed by atoms with van der Waals surface area (Å²) in [5.41, 5.74) is 0. The van der Waals surface area contributed by atoms with Gasteiger partial charge in [-0.15, -0.1) is 12.1 Å². The van der Waals surface area contributed by atoms with Gasteiger partial charge in [-0.2, -0.15) is 12.1 Å². The summed E-state index contributed by atoms with van der Waals surface area (Å²) in [7, 11) is -9.39. The Kier molecular flexibility index (Phi) is 8.56. The van der Waals surface area contributed by atoms with E-state index in [1.807, 2.05) is 6.07 Å². The van der Waals surface area contributed by atoms with Gasteiger partial charge in [-0.1, -0.05) is 0 Å². The standard InChI is InChI=1S/C12H7F2O5S2.2Na/c13-8-1-3-9(4-2-8)20(15,16)10-5-6-11(14)12(7-10)21(17,18)19;;/h1,3-7H,(H,17,18,19);;/q-1;2*+1/p-1. The fourth-order valence-electron chi connectivity index (χ4n) is 1.54. The summed E-state index contributed by atoms with van der Waals surface area (Å²) in [4.78, 5) is -2.24. The van der Waals surface area contributed by atoms with Crippen molar-refractivity contribution in [2.24, 2.45) is 0 Å². The maximum atomic E-state index is 13.3. The molecule has 112 valence electrons. The first-order valence-electron chi connectivity index (χ1n) is 5.30. The summed E-state index contributed by atoms with van der Waals surface area (Å²) in [5, 5.41) is 0. The van der Waals surface area contributed by atoms with Crippen molar-refractivity contribution in [1.82, 2.24) is 0 Å². The largest absolute Gasteiger partial charge is 1.00 e. The molecule has 0 aliphatic heterocycles. The van der Waals surface area contributed by atoms with Gasteiger partial charge in [0.2, 0.25) is 0 Å². The minimum absolute atomic E-state index is 0. The third kappa shape index (κ3) is 5.32. The molecule has 0 heterocycles. The molecule has 0 saturated heterocycles. The molecule has 2 aromatic rings. The maximum Gasteiger partial charge on any atom is 1.00 e. The summed E-state index contributed by atoms with van der Waals surface area (Å²) in [6, 6.07) is 6.46. The first-order valence-corrected chi connectivity index (χ1v) is 8.19. The summed E-state index contributed by atoms with van der Waals surface area (Å²) in [6.45, 7) is 0. The minimum atomic E-state index is -5.16. The van der Waals surface area contributed by atoms with Gasteiger partial charge in [0, 0.05) is 5.82 Å². The summed E-state index contributed by atoms with van der Waals surface area (Å²) in [6.07, 6.45) is 0. The van der Waals surface area contributed by atoms with Crippen molar-refractivity contribution >= 4 is 20.0 Å². The number of sulfone groups is 1. The van der Waals surface area contributed by atoms with E-state index < -0.39 is 41.4 Å². The molecule has 0 atom stereocenters. The topological polar surface area (TPSA) is 91.3 Å². The van der Waals surface area contributed by atoms with Crippen LogP contribution in [0.1, 0.15) is 0 Å². The Balaban J connectivity index is 0.00000242. The van der Waals surface area contributed by atoms with Gasteiger partial charge in [0.15, 0.2) is 9.84 Å². The predicted octanol–water partition coefficient (Wildman–Crippen LogP) is -4.49. The SMILES string of the molecule is O=S(=O)([O-])c1cc(S(=O)(=O)c2c[c-]c(F)cc2)ccc1F.[Na+].[Na+]. The van der Waals surface area contributed by atoms with Gasteiger partial charge in [-0.25, -0.2) is 25.6 Å². The van der Waals surface area contributed by atoms with Crippen molar-refractivity contribution in [3.05, 3.63) is 54.1 Å². The zero-order valence-electron chi connectivity index (χ0n) is 12.1. The molecule has 0 aliphatic carbocycles. The average molecular weight is 378 g/mol. The van der Waals surface area contributed by atoms with Crippen molar-refractivity contribution < 1.29 is 89.3 Å². The Labute approximate surface area is 176 Å². The fourth-order valence-corrected chi connectivity index (χ4v) is 3.44. The van der Waals surface area contributed by atoms with Gasteiger partial charge in [0.05, 0.1) is 9.79 Å². The predicted molar refractivity (Wildman–Crippen MR) is 65.1 cm³/mol. The Bertz CT molecular complexity index is 898. The number of hydrogen-bond donors (Lipinski definition) is 0. The number of benzene rings is 2. The van der Waals surface area contributed by atoms with Gasteiger partial charge in [-0.3, -0.25) is 0 Å². The molecule has 0 saturated carbocycles. The summed E-state index contributed by atoms with van der Waals surface area (Å²) >= 11 is 0. The third-order valence-electron chi connectivity index (χ3n) is 2.54. The van der Waals surface area contributed by atoms with Crippen molar-refractivity contribution in [2.75, 3.05) is 0 Å². The zero-order valence-corrected chi connectivity index (χ0v) is 17.7. The number of hydrogen-bond acceptors (Lipinski definition) is 5. The first kappa shape index (κ1) is 23.2. The van der Waals surface area contributed by atoms with E-state index in [2.05, 4.69) is 0 Å². The third-order valence-corrected chi connectivity index (χ3v) is 5.14. The number of rotatable bonds is 3. The monoisotopic (exact) mass is 378 g/mol. The molecular formula is C12H6F2Na2O5S2. The molecule has 0 unspecified atom stereocenters. The minimum Gasteiger partial charge on any atom is -0.744 e. The van der Waals surface area contributed by atoms with E-state index in [4.69, 9.17) is 0 Å². The van der Waals surface area contributed by atoms with Crippen LogP contribution in [0.15, 0.2) is 51.1 Å². The van der Waals surface area contributed by atoms with Crippen LogP contribution in [-0.4, -0.2) is 21.4 Å². The second-order valence-corrected chi connectivity index (χ2v) is 7.22. The van der Waals surface area contributed by atoms with Crippen LogP contribution in [0.2, 0.25) is 0 Å². The Morgan fingerprint density at radius 2 is 1.48 bits per heavy atom. The van der Waals surface area contributed by atoms with Gasteiger partial charge >= 0.3 is 59.1 Å². The van der Waals surface area contributed by atoms with E-state index in [1.54, 1.807) is 0 Å². The molecule has 0 aromatic heterocycles. The van der Waals surface area contributed by atoms with Crippen molar-refractivity contribution in [3.63, 3.8) is 0 Å². The van der Waals surface area contributed by atoms with Crippen molar-refractivity contribution in [3.8, 4) is 0 Å². The molecule has 23 heavy (non-hydrogen) atoms. The van der Waals surface area contributed by atoms with Gasteiger partial charge in [-0.05, 0) is 23.1 Å². The van der Waals surface area contributed by atoms with E-state index in [-0.39, 0.29) is 64.0 Å². The molecule has 0 spiro atoms. The Hall–Kier alpha value is 0.160. The second kappa shape index (κ2) is 8.50. The van der Waals surface area contributed by atoms with Crippen LogP contribution in [0.25, 0.3) is 0 Å². The summed E-state index contributed by atoms with van der Waals surface area (Å²) < 4.78 is 83.0.